The van der Waals surface area contributed by atoms with Crippen molar-refractivity contribution in [2.75, 3.05) is 25.1 Å². The number of carbonyl (C=O) groups is 1. The molecule has 118 valence electrons. The van der Waals surface area contributed by atoms with Crippen LogP contribution in [0.2, 0.25) is 0 Å². The first kappa shape index (κ1) is 16.1. The highest BCUT2D eigenvalue weighted by Crippen LogP contribution is 2.23. The van der Waals surface area contributed by atoms with Gasteiger partial charge in [-0.2, -0.15) is 0 Å². The molecule has 1 aromatic heterocycles. The van der Waals surface area contributed by atoms with E-state index in [1.807, 2.05) is 44.0 Å². The minimum absolute atomic E-state index is 0.111. The van der Waals surface area contributed by atoms with Crippen LogP contribution >= 0.6 is 0 Å². The molecule has 1 aromatic carbocycles. The van der Waals surface area contributed by atoms with Gasteiger partial charge in [0.05, 0.1) is 18.2 Å². The molecule has 0 saturated carbocycles. The first-order valence-corrected chi connectivity index (χ1v) is 7.39. The number of para-hydroxylation sites is 1. The van der Waals surface area contributed by atoms with Gasteiger partial charge < -0.3 is 14.1 Å². The number of benzene rings is 1. The van der Waals surface area contributed by atoms with E-state index in [4.69, 9.17) is 9.15 Å². The van der Waals surface area contributed by atoms with Gasteiger partial charge in [-0.05, 0) is 18.6 Å². The number of nitrogens with zero attached hydrogens (tertiary/aromatic N) is 1. The van der Waals surface area contributed by atoms with Crippen molar-refractivity contribution < 1.29 is 13.9 Å². The summed E-state index contributed by atoms with van der Waals surface area (Å²) in [4.78, 5) is 25.0. The molecule has 0 unspecified atom stereocenters. The number of ether oxygens (including phenoxy) is 1. The maximum atomic E-state index is 11.6. The average Bonchev–Trinajstić information content (AvgIpc) is 2.50. The van der Waals surface area contributed by atoms with Crippen LogP contribution in [-0.2, 0) is 9.53 Å². The molecule has 0 atom stereocenters. The number of fused-ring (bicyclic) bond motifs is 1. The summed E-state index contributed by atoms with van der Waals surface area (Å²) >= 11 is 0. The standard InChI is InChI=1S/C17H21NO4/c1-12(2)17(20)21-10-6-9-18(3)14-11-16(19)22-15-8-5-4-7-13(14)15/h4-5,7-8,11-12H,6,9-10H2,1-3H3. The van der Waals surface area contributed by atoms with Crippen LogP contribution in [0.4, 0.5) is 5.69 Å². The van der Waals surface area contributed by atoms with E-state index in [1.54, 1.807) is 6.07 Å². The molecule has 0 spiro atoms. The van der Waals surface area contributed by atoms with Gasteiger partial charge in [0.1, 0.15) is 5.58 Å². The van der Waals surface area contributed by atoms with E-state index in [2.05, 4.69) is 0 Å². The van der Waals surface area contributed by atoms with Crippen LogP contribution in [-0.4, -0.2) is 26.2 Å². The molecule has 0 fully saturated rings. The third-order valence-corrected chi connectivity index (χ3v) is 3.39. The number of hydrogen-bond donors (Lipinski definition) is 0. The van der Waals surface area contributed by atoms with Crippen molar-refractivity contribution in [3.63, 3.8) is 0 Å². The molecule has 5 nitrogen and oxygen atoms in total. The summed E-state index contributed by atoms with van der Waals surface area (Å²) in [6, 6.07) is 8.92. The molecular weight excluding hydrogens is 282 g/mol. The molecule has 1 heterocycles. The molecule has 2 rings (SSSR count). The summed E-state index contributed by atoms with van der Waals surface area (Å²) in [5, 5.41) is 0.892. The molecule has 0 radical (unpaired) electrons. The predicted octanol–water partition coefficient (Wildman–Crippen LogP) is 2.82. The van der Waals surface area contributed by atoms with E-state index in [0.29, 0.717) is 25.2 Å². The fourth-order valence-corrected chi connectivity index (χ4v) is 2.17. The largest absolute Gasteiger partial charge is 0.465 e. The highest BCUT2D eigenvalue weighted by molar-refractivity contribution is 5.89. The summed E-state index contributed by atoms with van der Waals surface area (Å²) < 4.78 is 10.3. The van der Waals surface area contributed by atoms with E-state index in [1.165, 1.54) is 6.07 Å². The van der Waals surface area contributed by atoms with Gasteiger partial charge in [-0.25, -0.2) is 4.79 Å². The Kier molecular flexibility index (Phi) is 5.20. The molecule has 0 N–H and O–H groups in total. The lowest BCUT2D eigenvalue weighted by molar-refractivity contribution is -0.147. The topological polar surface area (TPSA) is 59.8 Å². The summed E-state index contributed by atoms with van der Waals surface area (Å²) in [7, 11) is 1.91. The third kappa shape index (κ3) is 3.87. The average molecular weight is 303 g/mol. The van der Waals surface area contributed by atoms with Crippen LogP contribution in [0, 0.1) is 5.92 Å². The molecule has 0 bridgehead atoms. The fourth-order valence-electron chi connectivity index (χ4n) is 2.17. The van der Waals surface area contributed by atoms with Crippen molar-refractivity contribution in [3.8, 4) is 0 Å². The first-order valence-electron chi connectivity index (χ1n) is 7.39. The molecule has 0 aliphatic heterocycles. The Morgan fingerprint density at radius 1 is 1.32 bits per heavy atom. The normalized spacial score (nSPS) is 10.9. The summed E-state index contributed by atoms with van der Waals surface area (Å²) in [6.07, 6.45) is 0.698. The second kappa shape index (κ2) is 7.11. The number of carbonyl (C=O) groups excluding carboxylic acids is 1. The Balaban J connectivity index is 2.02. The molecule has 2 aromatic rings. The quantitative estimate of drug-likeness (QED) is 0.466. The molecular formula is C17H21NO4. The van der Waals surface area contributed by atoms with Gasteiger partial charge in [0.2, 0.25) is 0 Å². The van der Waals surface area contributed by atoms with Gasteiger partial charge in [-0.3, -0.25) is 4.79 Å². The molecule has 5 heteroatoms. The highest BCUT2D eigenvalue weighted by Gasteiger charge is 2.11. The Morgan fingerprint density at radius 2 is 2.05 bits per heavy atom. The van der Waals surface area contributed by atoms with E-state index >= 15 is 0 Å². The van der Waals surface area contributed by atoms with E-state index in [-0.39, 0.29) is 17.5 Å². The van der Waals surface area contributed by atoms with Crippen molar-refractivity contribution >= 4 is 22.6 Å². The second-order valence-corrected chi connectivity index (χ2v) is 5.54. The van der Waals surface area contributed by atoms with Gasteiger partial charge >= 0.3 is 11.6 Å². The van der Waals surface area contributed by atoms with E-state index in [0.717, 1.165) is 11.1 Å². The molecule has 0 aliphatic rings. The van der Waals surface area contributed by atoms with Gasteiger partial charge in [-0.15, -0.1) is 0 Å². The van der Waals surface area contributed by atoms with Gasteiger partial charge in [0.15, 0.2) is 0 Å². The van der Waals surface area contributed by atoms with Crippen molar-refractivity contribution in [1.29, 1.82) is 0 Å². The zero-order valence-corrected chi connectivity index (χ0v) is 13.2. The van der Waals surface area contributed by atoms with Crippen molar-refractivity contribution in [3.05, 3.63) is 40.8 Å². The summed E-state index contributed by atoms with van der Waals surface area (Å²) in [6.45, 7) is 4.67. The maximum absolute atomic E-state index is 11.6. The zero-order chi connectivity index (χ0) is 16.1. The minimum Gasteiger partial charge on any atom is -0.465 e. The summed E-state index contributed by atoms with van der Waals surface area (Å²) in [5.74, 6) is -0.297. The lowest BCUT2D eigenvalue weighted by Crippen LogP contribution is -2.22. The predicted molar refractivity (Wildman–Crippen MR) is 86.2 cm³/mol. The Bertz CT molecular complexity index is 705. The van der Waals surface area contributed by atoms with Crippen LogP contribution < -0.4 is 10.5 Å². The smallest absolute Gasteiger partial charge is 0.338 e. The Labute approximate surface area is 129 Å². The van der Waals surface area contributed by atoms with Crippen molar-refractivity contribution in [1.82, 2.24) is 0 Å². The van der Waals surface area contributed by atoms with Crippen LogP contribution in [0.15, 0.2) is 39.5 Å². The third-order valence-electron chi connectivity index (χ3n) is 3.39. The van der Waals surface area contributed by atoms with Crippen LogP contribution in [0.25, 0.3) is 11.0 Å². The Morgan fingerprint density at radius 3 is 2.77 bits per heavy atom. The molecule has 0 saturated heterocycles. The van der Waals surface area contributed by atoms with Gasteiger partial charge in [0.25, 0.3) is 0 Å². The van der Waals surface area contributed by atoms with Gasteiger partial charge in [-0.1, -0.05) is 26.0 Å². The fraction of sp³-hybridized carbons (Fsp3) is 0.412. The molecule has 0 amide bonds. The Hall–Kier alpha value is -2.30. The number of hydrogen-bond acceptors (Lipinski definition) is 5. The minimum atomic E-state index is -0.369. The molecule has 0 aliphatic carbocycles. The van der Waals surface area contributed by atoms with Crippen LogP contribution in [0.1, 0.15) is 20.3 Å². The molecule has 22 heavy (non-hydrogen) atoms. The van der Waals surface area contributed by atoms with Gasteiger partial charge in [0, 0.05) is 25.0 Å². The maximum Gasteiger partial charge on any atom is 0.338 e. The number of anilines is 1. The summed E-state index contributed by atoms with van der Waals surface area (Å²) in [5.41, 5.74) is 1.02. The number of esters is 1. The number of rotatable bonds is 6. The first-order chi connectivity index (χ1) is 10.5. The van der Waals surface area contributed by atoms with Crippen LogP contribution in [0.3, 0.4) is 0 Å². The zero-order valence-electron chi connectivity index (χ0n) is 13.2. The SMILES string of the molecule is CC(C)C(=O)OCCCN(C)c1cc(=O)oc2ccccc12. The van der Waals surface area contributed by atoms with E-state index < -0.39 is 0 Å². The monoisotopic (exact) mass is 303 g/mol. The van der Waals surface area contributed by atoms with E-state index in [9.17, 15) is 9.59 Å². The highest BCUT2D eigenvalue weighted by atomic mass is 16.5. The van der Waals surface area contributed by atoms with Crippen LogP contribution in [0.5, 0.6) is 0 Å². The van der Waals surface area contributed by atoms with Crippen molar-refractivity contribution in [2.45, 2.75) is 20.3 Å². The second-order valence-electron chi connectivity index (χ2n) is 5.54. The lowest BCUT2D eigenvalue weighted by Gasteiger charge is -2.20. The lowest BCUT2D eigenvalue weighted by atomic mass is 10.2. The van der Waals surface area contributed by atoms with Crippen molar-refractivity contribution in [2.24, 2.45) is 5.92 Å².